The summed E-state index contributed by atoms with van der Waals surface area (Å²) in [7, 11) is 0. The van der Waals surface area contributed by atoms with Crippen LogP contribution in [0.2, 0.25) is 0 Å². The van der Waals surface area contributed by atoms with E-state index < -0.39 is 23.9 Å². The first kappa shape index (κ1) is 27.5. The smallest absolute Gasteiger partial charge is 0.151 e. The summed E-state index contributed by atoms with van der Waals surface area (Å²) in [6.07, 6.45) is 4.20. The monoisotopic (exact) mass is 466 g/mol. The van der Waals surface area contributed by atoms with Crippen LogP contribution in [0.15, 0.2) is 18.5 Å². The van der Waals surface area contributed by atoms with Gasteiger partial charge in [-0.3, -0.25) is 0 Å². The molecule has 0 aliphatic heterocycles. The molecule has 9 heteroatoms. The van der Waals surface area contributed by atoms with Gasteiger partial charge < -0.3 is 30.2 Å². The second kappa shape index (κ2) is 13.8. The molecule has 0 saturated heterocycles. The van der Waals surface area contributed by atoms with Gasteiger partial charge in [-0.25, -0.2) is 9.50 Å². The lowest BCUT2D eigenvalue weighted by atomic mass is 9.88. The van der Waals surface area contributed by atoms with E-state index >= 15 is 0 Å². The van der Waals surface area contributed by atoms with Gasteiger partial charge in [-0.2, -0.15) is 5.10 Å². The fourth-order valence-corrected chi connectivity index (χ4v) is 3.72. The minimum Gasteiger partial charge on any atom is -0.388 e. The highest BCUT2D eigenvalue weighted by atomic mass is 16.6. The number of fused-ring (bicyclic) bond motifs is 1. The Labute approximate surface area is 197 Å². The highest BCUT2D eigenvalue weighted by Gasteiger charge is 2.45. The second-order valence-corrected chi connectivity index (χ2v) is 8.64. The standard InChI is InChI=1S/C24H42N4O5/c1-5-8-13-31-16-19(29)21(32-14-9-6-2)22(33-15-10-7-3)24(4,30)20-12-11-18-23(25)26-17-27-28(18)20/h11-12,17,19,21-22,29-30H,5-10,13-16H2,1-4H3,(H2,25,26,27)/t19-,21-,22-,24?/m1/s1. The number of aliphatic hydroxyl groups excluding tert-OH is 1. The summed E-state index contributed by atoms with van der Waals surface area (Å²) in [5.74, 6) is 0.315. The average molecular weight is 467 g/mol. The van der Waals surface area contributed by atoms with Crippen molar-refractivity contribution in [2.24, 2.45) is 0 Å². The number of nitrogens with zero attached hydrogens (tertiary/aromatic N) is 3. The Bertz CT molecular complexity index is 813. The molecular formula is C24H42N4O5. The topological polar surface area (TPSA) is 124 Å². The van der Waals surface area contributed by atoms with Crippen LogP contribution in [0.3, 0.4) is 0 Å². The van der Waals surface area contributed by atoms with E-state index in [1.54, 1.807) is 23.6 Å². The van der Waals surface area contributed by atoms with Gasteiger partial charge in [0.1, 0.15) is 35.8 Å². The molecule has 0 aliphatic rings. The van der Waals surface area contributed by atoms with Crippen molar-refractivity contribution < 1.29 is 24.4 Å². The van der Waals surface area contributed by atoms with E-state index in [2.05, 4.69) is 30.9 Å². The SMILES string of the molecule is CCCCOC[C@@H](O)[C@@H](OCCCC)[C@@H](OCCCC)C(C)(O)c1ccc2c(N)ncnn12. The van der Waals surface area contributed by atoms with Crippen LogP contribution in [0.1, 0.15) is 71.9 Å². The Kier molecular flexibility index (Phi) is 11.5. The van der Waals surface area contributed by atoms with Crippen LogP contribution in [0.5, 0.6) is 0 Å². The molecule has 4 N–H and O–H groups in total. The predicted octanol–water partition coefficient (Wildman–Crippen LogP) is 3.07. The van der Waals surface area contributed by atoms with Crippen LogP contribution in [0.25, 0.3) is 5.52 Å². The molecule has 2 aromatic rings. The molecule has 0 amide bonds. The zero-order valence-corrected chi connectivity index (χ0v) is 20.6. The van der Waals surface area contributed by atoms with Gasteiger partial charge in [0.25, 0.3) is 0 Å². The average Bonchev–Trinajstić information content (AvgIpc) is 3.24. The Morgan fingerprint density at radius 1 is 1.03 bits per heavy atom. The van der Waals surface area contributed by atoms with Crippen LogP contribution in [0, 0.1) is 0 Å². The van der Waals surface area contributed by atoms with Gasteiger partial charge in [0.15, 0.2) is 5.82 Å². The van der Waals surface area contributed by atoms with Crippen molar-refractivity contribution in [1.29, 1.82) is 0 Å². The van der Waals surface area contributed by atoms with E-state index in [1.165, 1.54) is 6.33 Å². The highest BCUT2D eigenvalue weighted by molar-refractivity contribution is 5.65. The molecule has 9 nitrogen and oxygen atoms in total. The number of aromatic nitrogens is 3. The van der Waals surface area contributed by atoms with Gasteiger partial charge in [0.05, 0.1) is 12.3 Å². The van der Waals surface area contributed by atoms with Crippen molar-refractivity contribution in [3.8, 4) is 0 Å². The summed E-state index contributed by atoms with van der Waals surface area (Å²) in [5.41, 5.74) is 5.52. The van der Waals surface area contributed by atoms with Gasteiger partial charge in [-0.05, 0) is 38.3 Å². The molecule has 4 atom stereocenters. The predicted molar refractivity (Wildman–Crippen MR) is 128 cm³/mol. The zero-order chi connectivity index (χ0) is 24.3. The van der Waals surface area contributed by atoms with E-state index in [4.69, 9.17) is 19.9 Å². The third-order valence-electron chi connectivity index (χ3n) is 5.77. The molecule has 0 saturated carbocycles. The Morgan fingerprint density at radius 3 is 2.33 bits per heavy atom. The van der Waals surface area contributed by atoms with Crippen molar-refractivity contribution in [2.75, 3.05) is 32.2 Å². The molecule has 0 radical (unpaired) electrons. The molecular weight excluding hydrogens is 424 g/mol. The fourth-order valence-electron chi connectivity index (χ4n) is 3.72. The van der Waals surface area contributed by atoms with Gasteiger partial charge in [-0.1, -0.05) is 40.0 Å². The van der Waals surface area contributed by atoms with Gasteiger partial charge in [-0.15, -0.1) is 0 Å². The van der Waals surface area contributed by atoms with Gasteiger partial charge in [0, 0.05) is 19.8 Å². The lowest BCUT2D eigenvalue weighted by molar-refractivity contribution is -0.200. The second-order valence-electron chi connectivity index (χ2n) is 8.64. The van der Waals surface area contributed by atoms with E-state index in [-0.39, 0.29) is 6.61 Å². The molecule has 0 spiro atoms. The van der Waals surface area contributed by atoms with Gasteiger partial charge in [0.2, 0.25) is 0 Å². The normalized spacial score (nSPS) is 16.5. The largest absolute Gasteiger partial charge is 0.388 e. The lowest BCUT2D eigenvalue weighted by Gasteiger charge is -2.39. The quantitative estimate of drug-likeness (QED) is 0.304. The number of nitrogen functional groups attached to an aromatic ring is 1. The summed E-state index contributed by atoms with van der Waals surface area (Å²) >= 11 is 0. The van der Waals surface area contributed by atoms with E-state index in [9.17, 15) is 10.2 Å². The maximum atomic E-state index is 11.8. The van der Waals surface area contributed by atoms with E-state index in [0.717, 1.165) is 38.5 Å². The maximum absolute atomic E-state index is 11.8. The molecule has 188 valence electrons. The fraction of sp³-hybridized carbons (Fsp3) is 0.750. The number of aliphatic hydroxyl groups is 2. The van der Waals surface area contributed by atoms with E-state index in [0.29, 0.717) is 36.8 Å². The minimum atomic E-state index is -1.54. The summed E-state index contributed by atoms with van der Waals surface area (Å²) < 4.78 is 19.6. The molecule has 2 heterocycles. The third-order valence-corrected chi connectivity index (χ3v) is 5.77. The molecule has 0 bridgehead atoms. The summed E-state index contributed by atoms with van der Waals surface area (Å²) in [5, 5.41) is 27.2. The molecule has 2 aromatic heterocycles. The Hall–Kier alpha value is -1.78. The number of rotatable bonds is 17. The summed E-state index contributed by atoms with van der Waals surface area (Å²) in [6, 6.07) is 3.52. The number of unbranched alkanes of at least 4 members (excludes halogenated alkanes) is 3. The number of hydrogen-bond acceptors (Lipinski definition) is 8. The molecule has 33 heavy (non-hydrogen) atoms. The van der Waals surface area contributed by atoms with Crippen molar-refractivity contribution >= 4 is 11.3 Å². The number of nitrogens with two attached hydrogens (primary N) is 1. The maximum Gasteiger partial charge on any atom is 0.151 e. The third kappa shape index (κ3) is 7.35. The van der Waals surface area contributed by atoms with Crippen LogP contribution >= 0.6 is 0 Å². The molecule has 0 aliphatic carbocycles. The highest BCUT2D eigenvalue weighted by Crippen LogP contribution is 2.33. The molecule has 1 unspecified atom stereocenters. The molecule has 0 aromatic carbocycles. The van der Waals surface area contributed by atoms with Crippen LogP contribution in [0.4, 0.5) is 5.82 Å². The molecule has 0 fully saturated rings. The number of hydrogen-bond donors (Lipinski definition) is 3. The van der Waals surface area contributed by atoms with Gasteiger partial charge >= 0.3 is 0 Å². The summed E-state index contributed by atoms with van der Waals surface area (Å²) in [4.78, 5) is 4.02. The Balaban J connectivity index is 2.38. The first-order valence-electron chi connectivity index (χ1n) is 12.2. The lowest BCUT2D eigenvalue weighted by Crippen LogP contribution is -2.54. The number of ether oxygens (including phenoxy) is 3. The van der Waals surface area contributed by atoms with Crippen molar-refractivity contribution in [1.82, 2.24) is 14.6 Å². The van der Waals surface area contributed by atoms with E-state index in [1.807, 2.05) is 0 Å². The summed E-state index contributed by atoms with van der Waals surface area (Å²) in [6.45, 7) is 9.42. The Morgan fingerprint density at radius 2 is 1.67 bits per heavy atom. The number of anilines is 1. The van der Waals surface area contributed by atoms with Crippen LogP contribution in [-0.2, 0) is 19.8 Å². The first-order valence-corrected chi connectivity index (χ1v) is 12.2. The minimum absolute atomic E-state index is 0.102. The first-order chi connectivity index (χ1) is 15.9. The van der Waals surface area contributed by atoms with Crippen molar-refractivity contribution in [3.63, 3.8) is 0 Å². The zero-order valence-electron chi connectivity index (χ0n) is 20.6. The molecule has 2 rings (SSSR count). The van der Waals surface area contributed by atoms with Crippen LogP contribution < -0.4 is 5.73 Å². The van der Waals surface area contributed by atoms with Crippen molar-refractivity contribution in [3.05, 3.63) is 24.2 Å². The van der Waals surface area contributed by atoms with Crippen molar-refractivity contribution in [2.45, 2.75) is 90.1 Å². The van der Waals surface area contributed by atoms with Crippen LogP contribution in [-0.4, -0.2) is 69.6 Å².